The van der Waals surface area contributed by atoms with Crippen molar-refractivity contribution in [3.8, 4) is 0 Å². The van der Waals surface area contributed by atoms with Gasteiger partial charge in [0.1, 0.15) is 0 Å². The second-order valence-electron chi connectivity index (χ2n) is 6.56. The number of nitrogens with zero attached hydrogens (tertiary/aromatic N) is 2. The summed E-state index contributed by atoms with van der Waals surface area (Å²) in [5.41, 5.74) is 0. The summed E-state index contributed by atoms with van der Waals surface area (Å²) in [4.78, 5) is 2.71. The van der Waals surface area contributed by atoms with Gasteiger partial charge in [-0.2, -0.15) is 4.31 Å². The lowest BCUT2D eigenvalue weighted by atomic mass is 10.1. The van der Waals surface area contributed by atoms with Crippen molar-refractivity contribution in [1.29, 1.82) is 0 Å². The highest BCUT2D eigenvalue weighted by Crippen LogP contribution is 2.24. The van der Waals surface area contributed by atoms with E-state index in [1.165, 1.54) is 0 Å². The summed E-state index contributed by atoms with van der Waals surface area (Å²) in [5, 5.41) is 0. The Morgan fingerprint density at radius 3 is 2.00 bits per heavy atom. The van der Waals surface area contributed by atoms with Crippen LogP contribution in [0, 0.1) is 0 Å². The minimum absolute atomic E-state index is 0.200. The third-order valence-electron chi connectivity index (χ3n) is 4.83. The number of benzene rings is 1. The molecule has 0 spiro atoms. The lowest BCUT2D eigenvalue weighted by Crippen LogP contribution is -2.43. The molecule has 0 bridgehead atoms. The minimum atomic E-state index is -3.35. The highest BCUT2D eigenvalue weighted by molar-refractivity contribution is 7.89. The fourth-order valence-corrected chi connectivity index (χ4v) is 4.83. The number of ether oxygens (including phenoxy) is 1. The number of rotatable bonds is 4. The Hall–Kier alpha value is -0.950. The van der Waals surface area contributed by atoms with Crippen molar-refractivity contribution >= 4 is 10.0 Å². The maximum absolute atomic E-state index is 12.6. The summed E-state index contributed by atoms with van der Waals surface area (Å²) in [5.74, 6) is 0. The summed E-state index contributed by atoms with van der Waals surface area (Å²) in [6.07, 6.45) is 4.29. The molecule has 2 saturated heterocycles. The number of piperidine rings is 2. The standard InChI is InChI=1S/C17H26N2O3S/c1-18-11-7-15(8-12-18)22-16-9-13-19(14-10-16)23(20,21)17-5-3-2-4-6-17/h2-6,15-16H,7-14H2,1H3. The quantitative estimate of drug-likeness (QED) is 0.842. The average molecular weight is 338 g/mol. The SMILES string of the molecule is CN1CCC(OC2CCN(S(=O)(=O)c3ccccc3)CC2)CC1. The molecule has 2 aliphatic heterocycles. The molecule has 0 radical (unpaired) electrons. The van der Waals surface area contributed by atoms with Crippen molar-refractivity contribution in [2.24, 2.45) is 0 Å². The van der Waals surface area contributed by atoms with Gasteiger partial charge in [-0.05, 0) is 44.9 Å². The van der Waals surface area contributed by atoms with Crippen molar-refractivity contribution in [1.82, 2.24) is 9.21 Å². The topological polar surface area (TPSA) is 49.9 Å². The lowest BCUT2D eigenvalue weighted by molar-refractivity contribution is -0.0564. The maximum atomic E-state index is 12.6. The molecular weight excluding hydrogens is 312 g/mol. The molecule has 0 unspecified atom stereocenters. The minimum Gasteiger partial charge on any atom is -0.375 e. The Morgan fingerprint density at radius 1 is 0.913 bits per heavy atom. The van der Waals surface area contributed by atoms with Gasteiger partial charge < -0.3 is 9.64 Å². The predicted octanol–water partition coefficient (Wildman–Crippen LogP) is 1.95. The van der Waals surface area contributed by atoms with E-state index in [2.05, 4.69) is 11.9 Å². The van der Waals surface area contributed by atoms with Crippen molar-refractivity contribution < 1.29 is 13.2 Å². The number of hydrogen-bond donors (Lipinski definition) is 0. The molecule has 1 aromatic carbocycles. The molecule has 6 heteroatoms. The highest BCUT2D eigenvalue weighted by Gasteiger charge is 2.31. The smallest absolute Gasteiger partial charge is 0.243 e. The molecule has 23 heavy (non-hydrogen) atoms. The summed E-state index contributed by atoms with van der Waals surface area (Å²) >= 11 is 0. The molecule has 1 aromatic rings. The van der Waals surface area contributed by atoms with E-state index in [-0.39, 0.29) is 6.10 Å². The van der Waals surface area contributed by atoms with Crippen LogP contribution in [0.2, 0.25) is 0 Å². The molecule has 0 saturated carbocycles. The third-order valence-corrected chi connectivity index (χ3v) is 6.75. The fraction of sp³-hybridized carbons (Fsp3) is 0.647. The molecule has 128 valence electrons. The van der Waals surface area contributed by atoms with E-state index < -0.39 is 10.0 Å². The Bertz CT molecular complexity index is 590. The van der Waals surface area contributed by atoms with Crippen molar-refractivity contribution in [3.05, 3.63) is 30.3 Å². The van der Waals surface area contributed by atoms with Crippen LogP contribution >= 0.6 is 0 Å². The molecule has 0 aliphatic carbocycles. The Balaban J connectivity index is 1.52. The van der Waals surface area contributed by atoms with E-state index in [0.717, 1.165) is 38.8 Å². The van der Waals surface area contributed by atoms with Gasteiger partial charge in [0.05, 0.1) is 17.1 Å². The molecule has 2 heterocycles. The normalized spacial score (nSPS) is 23.2. The summed E-state index contributed by atoms with van der Waals surface area (Å²) < 4.78 is 33.0. The molecule has 0 atom stereocenters. The van der Waals surface area contributed by atoms with Gasteiger partial charge in [0.15, 0.2) is 0 Å². The number of hydrogen-bond acceptors (Lipinski definition) is 4. The first kappa shape index (κ1) is 16.9. The fourth-order valence-electron chi connectivity index (χ4n) is 3.34. The maximum Gasteiger partial charge on any atom is 0.243 e. The second kappa shape index (κ2) is 7.30. The largest absolute Gasteiger partial charge is 0.375 e. The summed E-state index contributed by atoms with van der Waals surface area (Å²) in [6.45, 7) is 3.28. The van der Waals surface area contributed by atoms with Gasteiger partial charge in [0, 0.05) is 26.2 Å². The van der Waals surface area contributed by atoms with Crippen LogP contribution in [0.5, 0.6) is 0 Å². The molecule has 2 aliphatic rings. The first-order valence-corrected chi connectivity index (χ1v) is 9.89. The molecular formula is C17H26N2O3S. The summed E-state index contributed by atoms with van der Waals surface area (Å²) in [7, 11) is -1.21. The number of sulfonamides is 1. The van der Waals surface area contributed by atoms with Gasteiger partial charge in [0.2, 0.25) is 10.0 Å². The van der Waals surface area contributed by atoms with Gasteiger partial charge in [-0.3, -0.25) is 0 Å². The molecule has 2 fully saturated rings. The van der Waals surface area contributed by atoms with E-state index in [0.29, 0.717) is 24.1 Å². The zero-order valence-electron chi connectivity index (χ0n) is 13.7. The third kappa shape index (κ3) is 4.12. The molecule has 3 rings (SSSR count). The van der Waals surface area contributed by atoms with Crippen LogP contribution in [-0.2, 0) is 14.8 Å². The predicted molar refractivity (Wildman–Crippen MR) is 89.8 cm³/mol. The molecule has 0 aromatic heterocycles. The second-order valence-corrected chi connectivity index (χ2v) is 8.49. The van der Waals surface area contributed by atoms with E-state index >= 15 is 0 Å². The Kier molecular flexibility index (Phi) is 5.36. The van der Waals surface area contributed by atoms with Gasteiger partial charge in [0.25, 0.3) is 0 Å². The van der Waals surface area contributed by atoms with Crippen LogP contribution in [0.1, 0.15) is 25.7 Å². The molecule has 0 amide bonds. The first-order valence-electron chi connectivity index (χ1n) is 8.45. The van der Waals surface area contributed by atoms with Gasteiger partial charge in [-0.1, -0.05) is 18.2 Å². The van der Waals surface area contributed by atoms with E-state index in [4.69, 9.17) is 4.74 Å². The summed E-state index contributed by atoms with van der Waals surface area (Å²) in [6, 6.07) is 8.69. The van der Waals surface area contributed by atoms with Gasteiger partial charge in [-0.15, -0.1) is 0 Å². The van der Waals surface area contributed by atoms with Crippen molar-refractivity contribution in [2.75, 3.05) is 33.2 Å². The Labute approximate surface area is 139 Å². The van der Waals surface area contributed by atoms with Crippen LogP contribution in [0.3, 0.4) is 0 Å². The average Bonchev–Trinajstić information content (AvgIpc) is 2.58. The zero-order valence-corrected chi connectivity index (χ0v) is 14.5. The first-order chi connectivity index (χ1) is 11.1. The monoisotopic (exact) mass is 338 g/mol. The van der Waals surface area contributed by atoms with E-state index in [9.17, 15) is 8.42 Å². The van der Waals surface area contributed by atoms with Crippen LogP contribution in [0.4, 0.5) is 0 Å². The van der Waals surface area contributed by atoms with Crippen molar-refractivity contribution in [2.45, 2.75) is 42.8 Å². The molecule has 5 nitrogen and oxygen atoms in total. The van der Waals surface area contributed by atoms with Crippen LogP contribution in [-0.4, -0.2) is 63.1 Å². The molecule has 0 N–H and O–H groups in total. The highest BCUT2D eigenvalue weighted by atomic mass is 32.2. The Morgan fingerprint density at radius 2 is 1.43 bits per heavy atom. The van der Waals surface area contributed by atoms with Crippen LogP contribution in [0.25, 0.3) is 0 Å². The van der Waals surface area contributed by atoms with Gasteiger partial charge in [-0.25, -0.2) is 8.42 Å². The van der Waals surface area contributed by atoms with E-state index in [1.54, 1.807) is 28.6 Å². The zero-order chi connectivity index (χ0) is 16.3. The van der Waals surface area contributed by atoms with Crippen molar-refractivity contribution in [3.63, 3.8) is 0 Å². The number of likely N-dealkylation sites (tertiary alicyclic amines) is 1. The van der Waals surface area contributed by atoms with Crippen LogP contribution in [0.15, 0.2) is 35.2 Å². The van der Waals surface area contributed by atoms with E-state index in [1.807, 2.05) is 6.07 Å². The van der Waals surface area contributed by atoms with Gasteiger partial charge >= 0.3 is 0 Å². The van der Waals surface area contributed by atoms with Crippen LogP contribution < -0.4 is 0 Å². The lowest BCUT2D eigenvalue weighted by Gasteiger charge is -2.35.